The van der Waals surface area contributed by atoms with E-state index >= 15 is 0 Å². The Balaban J connectivity index is 4.68. The second kappa shape index (κ2) is 4.10. The molecule has 3 nitrogen and oxygen atoms in total. The van der Waals surface area contributed by atoms with Gasteiger partial charge in [-0.05, 0) is 13.0 Å². The summed E-state index contributed by atoms with van der Waals surface area (Å²) in [6, 6.07) is 0. The molecule has 2 N–H and O–H groups in total. The van der Waals surface area contributed by atoms with E-state index in [4.69, 9.17) is 5.21 Å². The van der Waals surface area contributed by atoms with Gasteiger partial charge >= 0.3 is 6.18 Å². The van der Waals surface area contributed by atoms with Gasteiger partial charge in [0.15, 0.2) is 0 Å². The van der Waals surface area contributed by atoms with Crippen molar-refractivity contribution in [3.63, 3.8) is 0 Å². The molecule has 0 aliphatic heterocycles. The molecule has 0 aromatic carbocycles. The maximum absolute atomic E-state index is 11.9. The van der Waals surface area contributed by atoms with Crippen LogP contribution >= 0.6 is 0 Å². The number of nitrogens with zero attached hydrogens (tertiary/aromatic N) is 1. The predicted octanol–water partition coefficient (Wildman–Crippen LogP) is 1.50. The summed E-state index contributed by atoms with van der Waals surface area (Å²) in [7, 11) is 1.36. The first-order valence-electron chi connectivity index (χ1n) is 3.04. The van der Waals surface area contributed by atoms with Crippen molar-refractivity contribution in [2.75, 3.05) is 7.05 Å². The molecule has 0 saturated carbocycles. The van der Waals surface area contributed by atoms with Crippen molar-refractivity contribution in [2.45, 2.75) is 13.1 Å². The summed E-state index contributed by atoms with van der Waals surface area (Å²) in [5.74, 6) is 0. The van der Waals surface area contributed by atoms with Gasteiger partial charge in [-0.1, -0.05) is 0 Å². The first kappa shape index (κ1) is 11.0. The average molecular weight is 182 g/mol. The molecule has 12 heavy (non-hydrogen) atoms. The van der Waals surface area contributed by atoms with Gasteiger partial charge in [-0.2, -0.15) is 13.2 Å². The van der Waals surface area contributed by atoms with Crippen LogP contribution in [0.5, 0.6) is 0 Å². The van der Waals surface area contributed by atoms with Crippen molar-refractivity contribution in [1.82, 2.24) is 5.48 Å². The molecule has 0 heterocycles. The maximum Gasteiger partial charge on any atom is 0.433 e. The van der Waals surface area contributed by atoms with E-state index in [9.17, 15) is 13.2 Å². The maximum atomic E-state index is 11.9. The van der Waals surface area contributed by atoms with Gasteiger partial charge < -0.3 is 0 Å². The summed E-state index contributed by atoms with van der Waals surface area (Å²) in [5, 5.41) is 8.11. The SMILES string of the molecule is CN=C(C)C=C(NO)C(F)(F)F. The van der Waals surface area contributed by atoms with Crippen molar-refractivity contribution in [3.05, 3.63) is 11.8 Å². The van der Waals surface area contributed by atoms with Gasteiger partial charge in [0.1, 0.15) is 5.70 Å². The Labute approximate surface area is 67.6 Å². The van der Waals surface area contributed by atoms with Gasteiger partial charge in [0.05, 0.1) is 0 Å². The zero-order chi connectivity index (χ0) is 9.78. The number of alkyl halides is 3. The Morgan fingerprint density at radius 1 is 1.50 bits per heavy atom. The highest BCUT2D eigenvalue weighted by atomic mass is 19.4. The van der Waals surface area contributed by atoms with Crippen LogP contribution in [0.25, 0.3) is 0 Å². The normalized spacial score (nSPS) is 14.8. The van der Waals surface area contributed by atoms with Crippen LogP contribution in [0.1, 0.15) is 6.92 Å². The number of allylic oxidation sites excluding steroid dienone is 2. The number of hydrogen-bond acceptors (Lipinski definition) is 3. The Kier molecular flexibility index (Phi) is 3.75. The van der Waals surface area contributed by atoms with Crippen LogP contribution in [0, 0.1) is 0 Å². The molecule has 0 radical (unpaired) electrons. The number of hydroxylamine groups is 1. The second-order valence-electron chi connectivity index (χ2n) is 2.03. The lowest BCUT2D eigenvalue weighted by atomic mass is 10.3. The molecule has 0 unspecified atom stereocenters. The summed E-state index contributed by atoms with van der Waals surface area (Å²) >= 11 is 0. The third kappa shape index (κ3) is 3.38. The molecule has 0 atom stereocenters. The second-order valence-corrected chi connectivity index (χ2v) is 2.03. The van der Waals surface area contributed by atoms with Crippen LogP contribution in [0.4, 0.5) is 13.2 Å². The number of hydrogen-bond donors (Lipinski definition) is 2. The topological polar surface area (TPSA) is 44.6 Å². The van der Waals surface area contributed by atoms with E-state index in [0.717, 1.165) is 5.48 Å². The lowest BCUT2D eigenvalue weighted by Gasteiger charge is -2.08. The molecule has 0 aliphatic rings. The summed E-state index contributed by atoms with van der Waals surface area (Å²) in [6.07, 6.45) is -3.87. The zero-order valence-electron chi connectivity index (χ0n) is 6.61. The smallest absolute Gasteiger partial charge is 0.293 e. The van der Waals surface area contributed by atoms with Crippen LogP contribution in [-0.2, 0) is 0 Å². The van der Waals surface area contributed by atoms with E-state index in [1.54, 1.807) is 0 Å². The van der Waals surface area contributed by atoms with Crippen LogP contribution in [0.3, 0.4) is 0 Å². The largest absolute Gasteiger partial charge is 0.433 e. The fourth-order valence-corrected chi connectivity index (χ4v) is 0.451. The summed E-state index contributed by atoms with van der Waals surface area (Å²) in [6.45, 7) is 1.39. The fraction of sp³-hybridized carbons (Fsp3) is 0.500. The minimum Gasteiger partial charge on any atom is -0.293 e. The van der Waals surface area contributed by atoms with Gasteiger partial charge in [-0.3, -0.25) is 15.7 Å². The zero-order valence-corrected chi connectivity index (χ0v) is 6.61. The number of rotatable bonds is 2. The van der Waals surface area contributed by atoms with E-state index < -0.39 is 11.9 Å². The van der Waals surface area contributed by atoms with Gasteiger partial charge in [-0.15, -0.1) is 0 Å². The molecular weight excluding hydrogens is 173 g/mol. The van der Waals surface area contributed by atoms with Crippen molar-refractivity contribution >= 4 is 5.71 Å². The minimum atomic E-state index is -4.58. The molecule has 0 spiro atoms. The summed E-state index contributed by atoms with van der Waals surface area (Å²) < 4.78 is 35.6. The Hall–Kier alpha value is -1.04. The Morgan fingerprint density at radius 2 is 2.00 bits per heavy atom. The van der Waals surface area contributed by atoms with E-state index in [2.05, 4.69) is 4.99 Å². The molecule has 0 rings (SSSR count). The third-order valence-corrected chi connectivity index (χ3v) is 1.13. The molecule has 0 aliphatic carbocycles. The highest BCUT2D eigenvalue weighted by Gasteiger charge is 2.33. The van der Waals surface area contributed by atoms with Crippen LogP contribution in [0.15, 0.2) is 16.8 Å². The molecule has 70 valence electrons. The number of halogens is 3. The minimum absolute atomic E-state index is 0.170. The highest BCUT2D eigenvalue weighted by Crippen LogP contribution is 2.22. The van der Waals surface area contributed by atoms with Gasteiger partial charge in [0.25, 0.3) is 0 Å². The van der Waals surface area contributed by atoms with Crippen molar-refractivity contribution in [1.29, 1.82) is 0 Å². The van der Waals surface area contributed by atoms with Crippen molar-refractivity contribution in [3.8, 4) is 0 Å². The first-order chi connectivity index (χ1) is 5.41. The third-order valence-electron chi connectivity index (χ3n) is 1.13. The van der Waals surface area contributed by atoms with Crippen LogP contribution < -0.4 is 5.48 Å². The van der Waals surface area contributed by atoms with E-state index in [0.29, 0.717) is 6.08 Å². The molecule has 0 saturated heterocycles. The molecule has 0 amide bonds. The number of aliphatic imine (C=N–C) groups is 1. The van der Waals surface area contributed by atoms with E-state index in [1.807, 2.05) is 0 Å². The standard InChI is InChI=1S/C6H9F3N2O/c1-4(10-2)3-5(11-12)6(7,8)9/h3,11-12H,1-2H3. The van der Waals surface area contributed by atoms with Gasteiger partial charge in [0.2, 0.25) is 0 Å². The van der Waals surface area contributed by atoms with Crippen LogP contribution in [-0.4, -0.2) is 24.1 Å². The van der Waals surface area contributed by atoms with Crippen molar-refractivity contribution in [2.24, 2.45) is 4.99 Å². The molecule has 0 aromatic heterocycles. The van der Waals surface area contributed by atoms with Gasteiger partial charge in [0, 0.05) is 12.8 Å². The monoisotopic (exact) mass is 182 g/mol. The summed E-state index contributed by atoms with van der Waals surface area (Å²) in [5.41, 5.74) is 0.00183. The average Bonchev–Trinajstić information content (AvgIpc) is 1.97. The highest BCUT2D eigenvalue weighted by molar-refractivity contribution is 5.93. The molecule has 0 bridgehead atoms. The van der Waals surface area contributed by atoms with Crippen molar-refractivity contribution < 1.29 is 18.4 Å². The van der Waals surface area contributed by atoms with Gasteiger partial charge in [-0.25, -0.2) is 0 Å². The lowest BCUT2D eigenvalue weighted by molar-refractivity contribution is -0.108. The molecule has 0 fully saturated rings. The predicted molar refractivity (Wildman–Crippen MR) is 38.1 cm³/mol. The quantitative estimate of drug-likeness (QED) is 0.502. The summed E-state index contributed by atoms with van der Waals surface area (Å²) in [4.78, 5) is 3.48. The molecule has 6 heteroatoms. The van der Waals surface area contributed by atoms with E-state index in [-0.39, 0.29) is 5.71 Å². The lowest BCUT2D eigenvalue weighted by Crippen LogP contribution is -2.24. The first-order valence-corrected chi connectivity index (χ1v) is 3.04. The molecular formula is C6H9F3N2O. The Bertz CT molecular complexity index is 207. The molecule has 0 aromatic rings. The van der Waals surface area contributed by atoms with E-state index in [1.165, 1.54) is 14.0 Å². The number of nitrogens with one attached hydrogen (secondary N) is 1. The fourth-order valence-electron chi connectivity index (χ4n) is 0.451. The van der Waals surface area contributed by atoms with Crippen LogP contribution in [0.2, 0.25) is 0 Å². The Morgan fingerprint density at radius 3 is 2.25 bits per heavy atom.